The zero-order chi connectivity index (χ0) is 24.1. The van der Waals surface area contributed by atoms with Gasteiger partial charge < -0.3 is 9.84 Å². The molecule has 2 aromatic heterocycles. The second-order valence-corrected chi connectivity index (χ2v) is 15.0. The number of aromatic carboxylic acids is 1. The zero-order valence-electron chi connectivity index (χ0n) is 19.7. The lowest BCUT2D eigenvalue weighted by atomic mass is 10.0. The van der Waals surface area contributed by atoms with Gasteiger partial charge in [0.15, 0.2) is 0 Å². The molecule has 0 spiro atoms. The highest BCUT2D eigenvalue weighted by Crippen LogP contribution is 2.36. The Morgan fingerprint density at radius 3 is 2.32 bits per heavy atom. The summed E-state index contributed by atoms with van der Waals surface area (Å²) in [5.74, 6) is -0.191. The highest BCUT2D eigenvalue weighted by Gasteiger charge is 2.22. The van der Waals surface area contributed by atoms with E-state index in [0.717, 1.165) is 39.9 Å². The molecule has 4 rings (SSSR count). The van der Waals surface area contributed by atoms with Crippen molar-refractivity contribution in [1.29, 1.82) is 0 Å². The number of rotatable bonds is 9. The van der Waals surface area contributed by atoms with Gasteiger partial charge in [-0.15, -0.1) is 0 Å². The smallest absolute Gasteiger partial charge is 0.335 e. The van der Waals surface area contributed by atoms with Crippen molar-refractivity contribution < 1.29 is 14.6 Å². The molecule has 0 unspecified atom stereocenters. The van der Waals surface area contributed by atoms with Crippen LogP contribution in [0.3, 0.4) is 0 Å². The maximum Gasteiger partial charge on any atom is 0.335 e. The Hall–Kier alpha value is -3.55. The van der Waals surface area contributed by atoms with Crippen molar-refractivity contribution in [3.63, 3.8) is 0 Å². The molecule has 0 aliphatic heterocycles. The van der Waals surface area contributed by atoms with E-state index in [0.29, 0.717) is 13.3 Å². The van der Waals surface area contributed by atoms with Crippen LogP contribution >= 0.6 is 0 Å². The van der Waals surface area contributed by atoms with Crippen molar-refractivity contribution in [2.75, 3.05) is 6.61 Å². The number of pyridine rings is 1. The fourth-order valence-electron chi connectivity index (χ4n) is 3.72. The molecule has 1 N–H and O–H groups in total. The Bertz CT molecular complexity index is 1270. The summed E-state index contributed by atoms with van der Waals surface area (Å²) >= 11 is 0. The van der Waals surface area contributed by atoms with Crippen LogP contribution in [0.2, 0.25) is 25.7 Å². The van der Waals surface area contributed by atoms with Gasteiger partial charge in [-0.3, -0.25) is 9.55 Å². The molecule has 0 atom stereocenters. The molecule has 2 aromatic carbocycles. The van der Waals surface area contributed by atoms with Crippen molar-refractivity contribution in [3.8, 4) is 33.9 Å². The van der Waals surface area contributed by atoms with E-state index in [2.05, 4.69) is 29.2 Å². The van der Waals surface area contributed by atoms with Crippen LogP contribution in [0.5, 0.6) is 0 Å². The number of hydrogen-bond acceptors (Lipinski definition) is 4. The van der Waals surface area contributed by atoms with Crippen molar-refractivity contribution in [1.82, 2.24) is 14.5 Å². The zero-order valence-corrected chi connectivity index (χ0v) is 20.7. The van der Waals surface area contributed by atoms with Crippen LogP contribution in [0.1, 0.15) is 10.4 Å². The van der Waals surface area contributed by atoms with E-state index in [1.165, 1.54) is 0 Å². The number of nitrogens with zero attached hydrogens (tertiary/aromatic N) is 3. The van der Waals surface area contributed by atoms with Crippen molar-refractivity contribution in [3.05, 3.63) is 84.7 Å². The standard InChI is InChI=1S/C27H29N3O3Si/c1-34(2,3)17-16-33-19-30-25(22-10-7-11-23(18-22)27(31)32)24(20-12-14-28-15-13-20)29-26(30)21-8-5-4-6-9-21/h4-15,18H,16-17,19H2,1-3H3,(H,31,32). The Labute approximate surface area is 200 Å². The van der Waals surface area contributed by atoms with Crippen molar-refractivity contribution in [2.24, 2.45) is 0 Å². The molecule has 0 bridgehead atoms. The molecule has 0 saturated carbocycles. The number of hydrogen-bond donors (Lipinski definition) is 1. The molecular weight excluding hydrogens is 442 g/mol. The molecule has 0 aliphatic carbocycles. The molecule has 0 fully saturated rings. The number of carboxylic acids is 1. The molecule has 0 radical (unpaired) electrons. The van der Waals surface area contributed by atoms with Crippen LogP contribution in [0.25, 0.3) is 33.9 Å². The molecule has 2 heterocycles. The number of benzene rings is 2. The monoisotopic (exact) mass is 471 g/mol. The average Bonchev–Trinajstić information content (AvgIpc) is 3.22. The van der Waals surface area contributed by atoms with Gasteiger partial charge in [-0.1, -0.05) is 62.1 Å². The van der Waals surface area contributed by atoms with E-state index < -0.39 is 14.0 Å². The van der Waals surface area contributed by atoms with E-state index >= 15 is 0 Å². The first-order valence-corrected chi connectivity index (χ1v) is 15.0. The van der Waals surface area contributed by atoms with Crippen LogP contribution in [-0.2, 0) is 11.5 Å². The van der Waals surface area contributed by atoms with Crippen LogP contribution in [0.15, 0.2) is 79.1 Å². The second-order valence-electron chi connectivity index (χ2n) is 9.40. The molecule has 7 heteroatoms. The third-order valence-corrected chi connectivity index (χ3v) is 7.26. The first kappa shape index (κ1) is 23.6. The summed E-state index contributed by atoms with van der Waals surface area (Å²) in [4.78, 5) is 20.9. The average molecular weight is 472 g/mol. The second kappa shape index (κ2) is 10.2. The number of carbonyl (C=O) groups is 1. The maximum absolute atomic E-state index is 11.7. The van der Waals surface area contributed by atoms with Gasteiger partial charge >= 0.3 is 5.97 Å². The van der Waals surface area contributed by atoms with Crippen LogP contribution in [0.4, 0.5) is 0 Å². The quantitative estimate of drug-likeness (QED) is 0.229. The minimum atomic E-state index is -1.24. The SMILES string of the molecule is C[Si](C)(C)CCOCn1c(-c2ccccc2)nc(-c2ccncc2)c1-c1cccc(C(=O)O)c1. The summed E-state index contributed by atoms with van der Waals surface area (Å²) in [6.07, 6.45) is 3.47. The van der Waals surface area contributed by atoms with E-state index in [-0.39, 0.29) is 5.56 Å². The fraction of sp³-hybridized carbons (Fsp3) is 0.222. The summed E-state index contributed by atoms with van der Waals surface area (Å²) < 4.78 is 8.23. The summed E-state index contributed by atoms with van der Waals surface area (Å²) in [7, 11) is -1.24. The molecule has 34 heavy (non-hydrogen) atoms. The van der Waals surface area contributed by atoms with Gasteiger partial charge in [0.2, 0.25) is 0 Å². The number of ether oxygens (including phenoxy) is 1. The van der Waals surface area contributed by atoms with Gasteiger partial charge in [0.25, 0.3) is 0 Å². The molecule has 0 amide bonds. The Morgan fingerprint density at radius 2 is 1.65 bits per heavy atom. The number of aromatic nitrogens is 3. The topological polar surface area (TPSA) is 77.2 Å². The maximum atomic E-state index is 11.7. The van der Waals surface area contributed by atoms with Gasteiger partial charge in [-0.05, 0) is 30.3 Å². The van der Waals surface area contributed by atoms with E-state index in [4.69, 9.17) is 9.72 Å². The van der Waals surface area contributed by atoms with Gasteiger partial charge in [0.1, 0.15) is 12.6 Å². The Kier molecular flexibility index (Phi) is 7.05. The normalized spacial score (nSPS) is 11.5. The predicted octanol–water partition coefficient (Wildman–Crippen LogP) is 6.29. The van der Waals surface area contributed by atoms with Gasteiger partial charge in [-0.2, -0.15) is 0 Å². The number of imidazole rings is 1. The first-order chi connectivity index (χ1) is 16.3. The van der Waals surface area contributed by atoms with Gasteiger partial charge in [-0.25, -0.2) is 9.78 Å². The Morgan fingerprint density at radius 1 is 0.941 bits per heavy atom. The minimum Gasteiger partial charge on any atom is -0.478 e. The van der Waals surface area contributed by atoms with Gasteiger partial charge in [0, 0.05) is 43.8 Å². The van der Waals surface area contributed by atoms with E-state index in [1.54, 1.807) is 30.6 Å². The fourth-order valence-corrected chi connectivity index (χ4v) is 4.48. The van der Waals surface area contributed by atoms with Crippen molar-refractivity contribution >= 4 is 14.0 Å². The summed E-state index contributed by atoms with van der Waals surface area (Å²) in [6, 6.07) is 21.8. The van der Waals surface area contributed by atoms with Crippen molar-refractivity contribution in [2.45, 2.75) is 32.4 Å². The lowest BCUT2D eigenvalue weighted by molar-refractivity contribution is 0.0697. The van der Waals surface area contributed by atoms with E-state index in [9.17, 15) is 9.90 Å². The molecule has 0 saturated heterocycles. The molecule has 0 aliphatic rings. The van der Waals surface area contributed by atoms with Crippen LogP contribution < -0.4 is 0 Å². The Balaban J connectivity index is 1.89. The van der Waals surface area contributed by atoms with Crippen LogP contribution in [0, 0.1) is 0 Å². The third kappa shape index (κ3) is 5.50. The van der Waals surface area contributed by atoms with E-state index in [1.807, 2.05) is 48.5 Å². The molecular formula is C27H29N3O3Si. The molecule has 6 nitrogen and oxygen atoms in total. The van der Waals surface area contributed by atoms with Crippen LogP contribution in [-0.4, -0.2) is 40.3 Å². The first-order valence-electron chi connectivity index (χ1n) is 11.3. The highest BCUT2D eigenvalue weighted by molar-refractivity contribution is 6.76. The molecule has 174 valence electrons. The molecule has 4 aromatic rings. The minimum absolute atomic E-state index is 0.229. The number of carboxylic acid groups (broad SMARTS) is 1. The largest absolute Gasteiger partial charge is 0.478 e. The summed E-state index contributed by atoms with van der Waals surface area (Å²) in [5.41, 5.74) is 4.46. The third-order valence-electron chi connectivity index (χ3n) is 5.55. The highest BCUT2D eigenvalue weighted by atomic mass is 28.3. The lowest BCUT2D eigenvalue weighted by Gasteiger charge is -2.18. The predicted molar refractivity (Wildman–Crippen MR) is 137 cm³/mol. The lowest BCUT2D eigenvalue weighted by Crippen LogP contribution is -2.22. The van der Waals surface area contributed by atoms with Gasteiger partial charge in [0.05, 0.1) is 17.0 Å². The summed E-state index contributed by atoms with van der Waals surface area (Å²) in [6.45, 7) is 7.97. The summed E-state index contributed by atoms with van der Waals surface area (Å²) in [5, 5.41) is 9.59.